The van der Waals surface area contributed by atoms with E-state index >= 15 is 0 Å². The predicted octanol–water partition coefficient (Wildman–Crippen LogP) is -0.104. The fourth-order valence-corrected chi connectivity index (χ4v) is 3.54. The molecule has 20 heavy (non-hydrogen) atoms. The standard InChI is InChI=1S/C13H15NO5S/c1-8-5-10(15)12(17)11(16)6-9(8)13(18)14-3-4-20(2,19)7-14/h5-6H,2-4,7H2,1H3,(H2,15,16,17). The van der Waals surface area contributed by atoms with Crippen molar-refractivity contribution in [2.24, 2.45) is 0 Å². The monoisotopic (exact) mass is 297 g/mol. The highest BCUT2D eigenvalue weighted by molar-refractivity contribution is 8.00. The number of carbonyl (C=O) groups excluding carboxylic acids is 1. The number of hydrogen-bond acceptors (Lipinski definition) is 5. The Bertz CT molecular complexity index is 739. The van der Waals surface area contributed by atoms with E-state index in [0.717, 1.165) is 12.1 Å². The van der Waals surface area contributed by atoms with Gasteiger partial charge in [0.2, 0.25) is 11.2 Å². The normalized spacial score (nSPS) is 21.9. The third-order valence-electron chi connectivity index (χ3n) is 3.17. The second-order valence-electron chi connectivity index (χ2n) is 4.85. The van der Waals surface area contributed by atoms with Crippen LogP contribution in [-0.4, -0.2) is 49.3 Å². The van der Waals surface area contributed by atoms with Crippen LogP contribution in [0.1, 0.15) is 15.9 Å². The lowest BCUT2D eigenvalue weighted by molar-refractivity contribution is 0.0801. The lowest BCUT2D eigenvalue weighted by Gasteiger charge is -2.15. The molecule has 2 rings (SSSR count). The predicted molar refractivity (Wildman–Crippen MR) is 76.8 cm³/mol. The van der Waals surface area contributed by atoms with Gasteiger partial charge in [-0.15, -0.1) is 0 Å². The maximum atomic E-state index is 12.3. The Kier molecular flexibility index (Phi) is 3.47. The van der Waals surface area contributed by atoms with Crippen LogP contribution in [-0.2, 0) is 9.52 Å². The molecule has 1 saturated heterocycles. The summed E-state index contributed by atoms with van der Waals surface area (Å²) in [5.74, 6) is 2.07. The average Bonchev–Trinajstić information content (AvgIpc) is 2.69. The Morgan fingerprint density at radius 1 is 1.40 bits per heavy atom. The number of hydrogen-bond donors (Lipinski definition) is 2. The van der Waals surface area contributed by atoms with Crippen LogP contribution in [0.5, 0.6) is 11.5 Å². The molecule has 0 aliphatic carbocycles. The van der Waals surface area contributed by atoms with Crippen LogP contribution in [0.2, 0.25) is 0 Å². The van der Waals surface area contributed by atoms with Gasteiger partial charge < -0.3 is 15.1 Å². The third kappa shape index (κ3) is 2.62. The van der Waals surface area contributed by atoms with Gasteiger partial charge in [-0.2, -0.15) is 0 Å². The van der Waals surface area contributed by atoms with Crippen LogP contribution in [0.25, 0.3) is 0 Å². The topological polar surface area (TPSA) is 94.9 Å². The molecule has 0 saturated carbocycles. The van der Waals surface area contributed by atoms with E-state index < -0.39 is 32.4 Å². The number of carbonyl (C=O) groups is 1. The number of amides is 1. The number of aromatic hydroxyl groups is 2. The molecule has 0 spiro atoms. The minimum atomic E-state index is -2.27. The number of aryl methyl sites for hydroxylation is 1. The third-order valence-corrected chi connectivity index (χ3v) is 4.88. The average molecular weight is 297 g/mol. The first-order chi connectivity index (χ1) is 9.21. The van der Waals surface area contributed by atoms with Gasteiger partial charge in [0.05, 0.1) is 5.88 Å². The van der Waals surface area contributed by atoms with Crippen LogP contribution >= 0.6 is 0 Å². The summed E-state index contributed by atoms with van der Waals surface area (Å²) in [6.07, 6.45) is 0. The van der Waals surface area contributed by atoms with Crippen LogP contribution < -0.4 is 5.43 Å². The molecule has 6 nitrogen and oxygen atoms in total. The molecule has 1 fully saturated rings. The summed E-state index contributed by atoms with van der Waals surface area (Å²) in [6, 6.07) is 2.14. The molecule has 1 heterocycles. The van der Waals surface area contributed by atoms with Crippen molar-refractivity contribution in [3.63, 3.8) is 0 Å². The van der Waals surface area contributed by atoms with E-state index in [9.17, 15) is 24.0 Å². The lowest BCUT2D eigenvalue weighted by atomic mass is 10.1. The molecular formula is C13H15NO5S. The smallest absolute Gasteiger partial charge is 0.255 e. The minimum Gasteiger partial charge on any atom is -0.504 e. The Morgan fingerprint density at radius 3 is 2.60 bits per heavy atom. The van der Waals surface area contributed by atoms with E-state index in [1.165, 1.54) is 11.8 Å². The Morgan fingerprint density at radius 2 is 2.05 bits per heavy atom. The van der Waals surface area contributed by atoms with Gasteiger partial charge in [0.15, 0.2) is 5.75 Å². The van der Waals surface area contributed by atoms with Crippen molar-refractivity contribution >= 4 is 21.3 Å². The second kappa shape index (κ2) is 4.82. The maximum absolute atomic E-state index is 12.3. The molecule has 108 valence electrons. The van der Waals surface area contributed by atoms with Crippen molar-refractivity contribution in [3.8, 4) is 11.5 Å². The van der Waals surface area contributed by atoms with Crippen LogP contribution in [0.3, 0.4) is 0 Å². The zero-order valence-electron chi connectivity index (χ0n) is 11.0. The summed E-state index contributed by atoms with van der Waals surface area (Å²) >= 11 is 0. The van der Waals surface area contributed by atoms with Gasteiger partial charge in [0.25, 0.3) is 5.91 Å². The highest BCUT2D eigenvalue weighted by atomic mass is 32.2. The van der Waals surface area contributed by atoms with E-state index in [0.29, 0.717) is 17.9 Å². The van der Waals surface area contributed by atoms with Gasteiger partial charge in [-0.1, -0.05) is 0 Å². The first-order valence-corrected chi connectivity index (χ1v) is 7.96. The first-order valence-electron chi connectivity index (χ1n) is 5.90. The first kappa shape index (κ1) is 14.4. The van der Waals surface area contributed by atoms with Crippen molar-refractivity contribution < 1.29 is 19.2 Å². The molecular weight excluding hydrogens is 282 g/mol. The molecule has 1 atom stereocenters. The molecule has 2 N–H and O–H groups in total. The molecule has 1 aromatic rings. The van der Waals surface area contributed by atoms with Gasteiger partial charge in [-0.05, 0) is 40.0 Å². The van der Waals surface area contributed by atoms with Crippen molar-refractivity contribution in [2.45, 2.75) is 6.92 Å². The van der Waals surface area contributed by atoms with E-state index in [-0.39, 0.29) is 11.4 Å². The number of nitrogens with zero attached hydrogens (tertiary/aromatic N) is 1. The molecule has 1 aliphatic rings. The van der Waals surface area contributed by atoms with Gasteiger partial charge >= 0.3 is 0 Å². The van der Waals surface area contributed by atoms with Crippen molar-refractivity contribution in [2.75, 3.05) is 18.2 Å². The van der Waals surface area contributed by atoms with Crippen molar-refractivity contribution in [3.05, 3.63) is 33.5 Å². The van der Waals surface area contributed by atoms with Gasteiger partial charge in [-0.3, -0.25) is 13.8 Å². The zero-order valence-corrected chi connectivity index (χ0v) is 11.8. The fourth-order valence-electron chi connectivity index (χ4n) is 2.04. The van der Waals surface area contributed by atoms with E-state index in [1.54, 1.807) is 0 Å². The molecule has 1 aromatic carbocycles. The summed E-state index contributed by atoms with van der Waals surface area (Å²) in [4.78, 5) is 25.2. The van der Waals surface area contributed by atoms with Crippen LogP contribution in [0, 0.1) is 6.92 Å². The van der Waals surface area contributed by atoms with Crippen molar-refractivity contribution in [1.82, 2.24) is 4.90 Å². The quantitative estimate of drug-likeness (QED) is 0.706. The van der Waals surface area contributed by atoms with Crippen molar-refractivity contribution in [1.29, 1.82) is 0 Å². The molecule has 7 heteroatoms. The molecule has 1 unspecified atom stereocenters. The molecule has 0 bridgehead atoms. The zero-order chi connectivity index (χ0) is 15.1. The van der Waals surface area contributed by atoms with E-state index in [4.69, 9.17) is 0 Å². The minimum absolute atomic E-state index is 0.0564. The van der Waals surface area contributed by atoms with Gasteiger partial charge in [0, 0.05) is 17.9 Å². The second-order valence-corrected chi connectivity index (χ2v) is 7.45. The molecule has 0 radical (unpaired) electrons. The summed E-state index contributed by atoms with van der Waals surface area (Å²) in [6.45, 7) is 1.85. The highest BCUT2D eigenvalue weighted by Gasteiger charge is 2.27. The maximum Gasteiger partial charge on any atom is 0.255 e. The van der Waals surface area contributed by atoms with Crippen LogP contribution in [0.4, 0.5) is 0 Å². The van der Waals surface area contributed by atoms with Gasteiger partial charge in [0.1, 0.15) is 0 Å². The molecule has 1 aliphatic heterocycles. The molecule has 0 aromatic heterocycles. The Hall–Kier alpha value is -2.02. The summed E-state index contributed by atoms with van der Waals surface area (Å²) in [7, 11) is -2.27. The highest BCUT2D eigenvalue weighted by Crippen LogP contribution is 2.23. The van der Waals surface area contributed by atoms with E-state index in [1.807, 2.05) is 0 Å². The molecule has 1 amide bonds. The Balaban J connectivity index is 2.49. The largest absolute Gasteiger partial charge is 0.504 e. The summed E-state index contributed by atoms with van der Waals surface area (Å²) in [5, 5.41) is 19.0. The van der Waals surface area contributed by atoms with Gasteiger partial charge in [-0.25, -0.2) is 0 Å². The fraction of sp³-hybridized carbons (Fsp3) is 0.308. The van der Waals surface area contributed by atoms with Crippen LogP contribution in [0.15, 0.2) is 16.9 Å². The van der Waals surface area contributed by atoms with E-state index in [2.05, 4.69) is 5.87 Å². The number of rotatable bonds is 1. The Labute approximate surface area is 116 Å². The summed E-state index contributed by atoms with van der Waals surface area (Å²) in [5.41, 5.74) is -0.337. The summed E-state index contributed by atoms with van der Waals surface area (Å²) < 4.78 is 11.8. The lowest BCUT2D eigenvalue weighted by Crippen LogP contribution is -2.29. The SMILES string of the molecule is C=S1(=O)CCN(C(=O)c2cc(O)c(O)c(=O)cc2C)C1.